The van der Waals surface area contributed by atoms with Crippen LogP contribution in [-0.4, -0.2) is 43.6 Å². The van der Waals surface area contributed by atoms with Crippen molar-refractivity contribution in [2.75, 3.05) is 32.8 Å². The molecule has 1 atom stereocenters. The zero-order valence-electron chi connectivity index (χ0n) is 14.4. The van der Waals surface area contributed by atoms with Crippen molar-refractivity contribution in [3.05, 3.63) is 23.0 Å². The molecule has 1 N–H and O–H groups in total. The average molecular weight is 318 g/mol. The van der Waals surface area contributed by atoms with Crippen LogP contribution in [0.15, 0.2) is 23.0 Å². The third-order valence-corrected chi connectivity index (χ3v) is 5.12. The SMILES string of the molecule is CC1C=C2C(=O)NCCC2=C(OCCCCN2CCCCC2)C1. The van der Waals surface area contributed by atoms with Crippen molar-refractivity contribution < 1.29 is 9.53 Å². The summed E-state index contributed by atoms with van der Waals surface area (Å²) in [6.07, 6.45) is 10.4. The third-order valence-electron chi connectivity index (χ3n) is 5.12. The van der Waals surface area contributed by atoms with E-state index in [-0.39, 0.29) is 5.91 Å². The van der Waals surface area contributed by atoms with E-state index in [1.54, 1.807) is 0 Å². The highest BCUT2D eigenvalue weighted by atomic mass is 16.5. The van der Waals surface area contributed by atoms with Crippen molar-refractivity contribution >= 4 is 5.91 Å². The fourth-order valence-electron chi connectivity index (χ4n) is 3.85. The average Bonchev–Trinajstić information content (AvgIpc) is 2.56. The normalized spacial score (nSPS) is 25.7. The van der Waals surface area contributed by atoms with Crippen LogP contribution in [0.3, 0.4) is 0 Å². The van der Waals surface area contributed by atoms with E-state index in [1.165, 1.54) is 45.3 Å². The van der Waals surface area contributed by atoms with Gasteiger partial charge in [-0.3, -0.25) is 4.79 Å². The molecular weight excluding hydrogens is 288 g/mol. The van der Waals surface area contributed by atoms with Gasteiger partial charge in [-0.05, 0) is 57.7 Å². The molecule has 1 amide bonds. The number of fused-ring (bicyclic) bond motifs is 1. The lowest BCUT2D eigenvalue weighted by Gasteiger charge is -2.28. The maximum Gasteiger partial charge on any atom is 0.251 e. The molecule has 0 spiro atoms. The summed E-state index contributed by atoms with van der Waals surface area (Å²) in [5.74, 6) is 1.53. The maximum atomic E-state index is 12.0. The van der Waals surface area contributed by atoms with Crippen molar-refractivity contribution in [1.29, 1.82) is 0 Å². The van der Waals surface area contributed by atoms with E-state index in [0.717, 1.165) is 49.3 Å². The van der Waals surface area contributed by atoms with Crippen LogP contribution >= 0.6 is 0 Å². The van der Waals surface area contributed by atoms with Gasteiger partial charge in [0.25, 0.3) is 5.91 Å². The summed E-state index contributed by atoms with van der Waals surface area (Å²) in [7, 11) is 0. The molecule has 2 fully saturated rings. The van der Waals surface area contributed by atoms with Crippen LogP contribution in [0.25, 0.3) is 0 Å². The first-order valence-corrected chi connectivity index (χ1v) is 9.31. The fraction of sp³-hybridized carbons (Fsp3) is 0.737. The molecule has 1 unspecified atom stereocenters. The highest BCUT2D eigenvalue weighted by Gasteiger charge is 2.28. The molecular formula is C19H30N2O2. The number of carbonyl (C=O) groups excluding carboxylic acids is 1. The lowest BCUT2D eigenvalue weighted by atomic mass is 9.86. The van der Waals surface area contributed by atoms with E-state index in [1.807, 2.05) is 0 Å². The number of allylic oxidation sites excluding steroid dienone is 2. The van der Waals surface area contributed by atoms with Gasteiger partial charge >= 0.3 is 0 Å². The van der Waals surface area contributed by atoms with E-state index in [0.29, 0.717) is 5.92 Å². The molecule has 3 aliphatic rings. The number of hydrogen-bond acceptors (Lipinski definition) is 3. The van der Waals surface area contributed by atoms with Gasteiger partial charge < -0.3 is 15.0 Å². The molecule has 0 aromatic heterocycles. The number of carbonyl (C=O) groups is 1. The minimum Gasteiger partial charge on any atom is -0.498 e. The molecule has 23 heavy (non-hydrogen) atoms. The van der Waals surface area contributed by atoms with Gasteiger partial charge in [-0.1, -0.05) is 19.4 Å². The first kappa shape index (κ1) is 16.6. The number of amides is 1. The Labute approximate surface area is 139 Å². The quantitative estimate of drug-likeness (QED) is 0.766. The Balaban J connectivity index is 1.45. The maximum absolute atomic E-state index is 12.0. The molecule has 0 aromatic carbocycles. The largest absolute Gasteiger partial charge is 0.498 e. The molecule has 2 aliphatic heterocycles. The second-order valence-electron chi connectivity index (χ2n) is 7.13. The molecule has 4 heteroatoms. The van der Waals surface area contributed by atoms with E-state index in [4.69, 9.17) is 4.74 Å². The molecule has 3 rings (SSSR count). The smallest absolute Gasteiger partial charge is 0.251 e. The van der Waals surface area contributed by atoms with Crippen LogP contribution in [0.2, 0.25) is 0 Å². The Morgan fingerprint density at radius 2 is 2.09 bits per heavy atom. The van der Waals surface area contributed by atoms with Crippen molar-refractivity contribution in [2.24, 2.45) is 5.92 Å². The number of hydrogen-bond donors (Lipinski definition) is 1. The highest BCUT2D eigenvalue weighted by Crippen LogP contribution is 2.33. The van der Waals surface area contributed by atoms with Crippen molar-refractivity contribution in [1.82, 2.24) is 10.2 Å². The summed E-state index contributed by atoms with van der Waals surface area (Å²) < 4.78 is 6.10. The lowest BCUT2D eigenvalue weighted by molar-refractivity contribution is -0.117. The van der Waals surface area contributed by atoms with Gasteiger partial charge in [0.1, 0.15) is 5.76 Å². The first-order valence-electron chi connectivity index (χ1n) is 9.31. The third kappa shape index (κ3) is 4.37. The number of rotatable bonds is 6. The molecule has 2 saturated heterocycles. The van der Waals surface area contributed by atoms with Crippen LogP contribution in [0.4, 0.5) is 0 Å². The standard InChI is InChI=1S/C19H30N2O2/c1-15-13-17-16(7-8-20-19(17)22)18(14-15)23-12-6-5-11-21-9-3-2-4-10-21/h13,15H,2-12,14H2,1H3,(H,20,22). The van der Waals surface area contributed by atoms with E-state index in [9.17, 15) is 4.79 Å². The Morgan fingerprint density at radius 1 is 1.26 bits per heavy atom. The minimum atomic E-state index is 0.0731. The Hall–Kier alpha value is -1.29. The van der Waals surface area contributed by atoms with E-state index >= 15 is 0 Å². The number of piperidine rings is 2. The van der Waals surface area contributed by atoms with Gasteiger partial charge in [-0.15, -0.1) is 0 Å². The zero-order valence-corrected chi connectivity index (χ0v) is 14.4. The number of ether oxygens (including phenoxy) is 1. The summed E-state index contributed by atoms with van der Waals surface area (Å²) in [5, 5.41) is 2.93. The van der Waals surface area contributed by atoms with Crippen LogP contribution in [0.5, 0.6) is 0 Å². The molecule has 0 bridgehead atoms. The predicted octanol–water partition coefficient (Wildman–Crippen LogP) is 3.01. The molecule has 1 aliphatic carbocycles. The topological polar surface area (TPSA) is 41.6 Å². The Bertz CT molecular complexity index is 490. The van der Waals surface area contributed by atoms with Gasteiger partial charge in [0.2, 0.25) is 0 Å². The van der Waals surface area contributed by atoms with Gasteiger partial charge in [0.15, 0.2) is 0 Å². The molecule has 128 valence electrons. The summed E-state index contributed by atoms with van der Waals surface area (Å²) in [4.78, 5) is 14.6. The zero-order chi connectivity index (χ0) is 16.1. The van der Waals surface area contributed by atoms with Gasteiger partial charge in [0.05, 0.1) is 6.61 Å². The van der Waals surface area contributed by atoms with Crippen molar-refractivity contribution in [3.63, 3.8) is 0 Å². The van der Waals surface area contributed by atoms with Crippen LogP contribution in [0.1, 0.15) is 51.9 Å². The summed E-state index contributed by atoms with van der Waals surface area (Å²) in [5.41, 5.74) is 2.01. The summed E-state index contributed by atoms with van der Waals surface area (Å²) in [6, 6.07) is 0. The molecule has 2 heterocycles. The van der Waals surface area contributed by atoms with Crippen molar-refractivity contribution in [2.45, 2.75) is 51.9 Å². The molecule has 4 nitrogen and oxygen atoms in total. The number of likely N-dealkylation sites (tertiary alicyclic amines) is 1. The van der Waals surface area contributed by atoms with Gasteiger partial charge in [-0.25, -0.2) is 0 Å². The molecule has 0 aromatic rings. The monoisotopic (exact) mass is 318 g/mol. The van der Waals surface area contributed by atoms with Crippen molar-refractivity contribution in [3.8, 4) is 0 Å². The van der Waals surface area contributed by atoms with Gasteiger partial charge in [-0.2, -0.15) is 0 Å². The van der Waals surface area contributed by atoms with E-state index < -0.39 is 0 Å². The summed E-state index contributed by atoms with van der Waals surface area (Å²) in [6.45, 7) is 7.44. The first-order chi connectivity index (χ1) is 11.2. The van der Waals surface area contributed by atoms with Crippen LogP contribution in [0, 0.1) is 5.92 Å². The molecule has 0 saturated carbocycles. The summed E-state index contributed by atoms with van der Waals surface area (Å²) >= 11 is 0. The minimum absolute atomic E-state index is 0.0731. The number of nitrogens with zero attached hydrogens (tertiary/aromatic N) is 1. The number of nitrogens with one attached hydrogen (secondary N) is 1. The van der Waals surface area contributed by atoms with Crippen LogP contribution in [-0.2, 0) is 9.53 Å². The number of unbranched alkanes of at least 4 members (excludes halogenated alkanes) is 1. The Morgan fingerprint density at radius 3 is 2.91 bits per heavy atom. The van der Waals surface area contributed by atoms with Gasteiger partial charge in [0, 0.05) is 24.1 Å². The Kier molecular flexibility index (Phi) is 5.76. The molecule has 0 radical (unpaired) electrons. The van der Waals surface area contributed by atoms with E-state index in [2.05, 4.69) is 23.2 Å². The predicted molar refractivity (Wildman–Crippen MR) is 92.0 cm³/mol. The fourth-order valence-corrected chi connectivity index (χ4v) is 3.85. The lowest BCUT2D eigenvalue weighted by Crippen LogP contribution is -2.34. The second kappa shape index (κ2) is 8.00. The second-order valence-corrected chi connectivity index (χ2v) is 7.13. The van der Waals surface area contributed by atoms with Crippen LogP contribution < -0.4 is 5.32 Å². The highest BCUT2D eigenvalue weighted by molar-refractivity contribution is 5.99.